The number of rotatable bonds is 1. The molecule has 0 radical (unpaired) electrons. The average Bonchev–Trinajstić information content (AvgIpc) is 2.94. The van der Waals surface area contributed by atoms with E-state index in [4.69, 9.17) is 12.2 Å². The lowest BCUT2D eigenvalue weighted by atomic mass is 10.2. The van der Waals surface area contributed by atoms with Crippen molar-refractivity contribution in [1.82, 2.24) is 14.4 Å². The van der Waals surface area contributed by atoms with Crippen molar-refractivity contribution in [3.8, 4) is 11.3 Å². The second-order valence-electron chi connectivity index (χ2n) is 4.80. The third-order valence-corrected chi connectivity index (χ3v) is 3.78. The predicted octanol–water partition coefficient (Wildman–Crippen LogP) is 4.35. The van der Waals surface area contributed by atoms with E-state index in [1.165, 1.54) is 12.1 Å². The van der Waals surface area contributed by atoms with Crippen LogP contribution in [0.5, 0.6) is 0 Å². The summed E-state index contributed by atoms with van der Waals surface area (Å²) in [7, 11) is 0. The first kappa shape index (κ1) is 12.2. The van der Waals surface area contributed by atoms with Gasteiger partial charge < -0.3 is 4.98 Å². The first-order chi connectivity index (χ1) is 10.2. The molecule has 0 aliphatic heterocycles. The molecule has 0 amide bonds. The number of nitrogens with zero attached hydrogens (tertiary/aromatic N) is 2. The SMILES string of the molecule is Fc1ccc(-c2cn3c(=S)nc4ccccc4c3[nH]2)cc1. The summed E-state index contributed by atoms with van der Waals surface area (Å²) in [6, 6.07) is 14.2. The highest BCUT2D eigenvalue weighted by Gasteiger charge is 2.08. The summed E-state index contributed by atoms with van der Waals surface area (Å²) in [6.45, 7) is 0. The van der Waals surface area contributed by atoms with Crippen LogP contribution in [0.15, 0.2) is 54.7 Å². The molecule has 0 fully saturated rings. The van der Waals surface area contributed by atoms with Crippen molar-refractivity contribution in [2.45, 2.75) is 0 Å². The minimum absolute atomic E-state index is 0.251. The molecule has 1 N–H and O–H groups in total. The maximum atomic E-state index is 13.0. The van der Waals surface area contributed by atoms with E-state index in [9.17, 15) is 4.39 Å². The van der Waals surface area contributed by atoms with Crippen LogP contribution < -0.4 is 0 Å². The lowest BCUT2D eigenvalue weighted by Crippen LogP contribution is -1.91. The van der Waals surface area contributed by atoms with E-state index in [0.717, 1.165) is 27.8 Å². The number of imidazole rings is 1. The van der Waals surface area contributed by atoms with Crippen molar-refractivity contribution in [3.05, 3.63) is 65.3 Å². The number of para-hydroxylation sites is 1. The first-order valence-corrected chi connectivity index (χ1v) is 6.89. The molecule has 0 spiro atoms. The van der Waals surface area contributed by atoms with Crippen LogP contribution in [-0.2, 0) is 0 Å². The molecule has 0 atom stereocenters. The van der Waals surface area contributed by atoms with Crippen molar-refractivity contribution in [2.24, 2.45) is 0 Å². The zero-order chi connectivity index (χ0) is 14.4. The van der Waals surface area contributed by atoms with Gasteiger partial charge in [-0.25, -0.2) is 9.37 Å². The maximum Gasteiger partial charge on any atom is 0.205 e. The van der Waals surface area contributed by atoms with Gasteiger partial charge >= 0.3 is 0 Å². The molecule has 2 heterocycles. The molecule has 0 aliphatic carbocycles. The molecule has 5 heteroatoms. The van der Waals surface area contributed by atoms with E-state index in [2.05, 4.69) is 9.97 Å². The molecule has 4 rings (SSSR count). The number of nitrogens with one attached hydrogen (secondary N) is 1. The number of aromatic amines is 1. The smallest absolute Gasteiger partial charge is 0.205 e. The van der Waals surface area contributed by atoms with E-state index in [1.54, 1.807) is 12.1 Å². The number of halogens is 1. The molecule has 0 bridgehead atoms. The Labute approximate surface area is 124 Å². The summed E-state index contributed by atoms with van der Waals surface area (Å²) in [5.41, 5.74) is 3.53. The van der Waals surface area contributed by atoms with Crippen molar-refractivity contribution in [1.29, 1.82) is 0 Å². The topological polar surface area (TPSA) is 33.1 Å². The fourth-order valence-electron chi connectivity index (χ4n) is 2.47. The molecule has 3 nitrogen and oxygen atoms in total. The summed E-state index contributed by atoms with van der Waals surface area (Å²) in [5.74, 6) is -0.251. The van der Waals surface area contributed by atoms with Gasteiger partial charge in [0.05, 0.1) is 11.2 Å². The Morgan fingerprint density at radius 2 is 1.81 bits per heavy atom. The maximum absolute atomic E-state index is 13.0. The number of benzene rings is 2. The van der Waals surface area contributed by atoms with Crippen LogP contribution in [0.25, 0.3) is 27.8 Å². The number of aromatic nitrogens is 3. The van der Waals surface area contributed by atoms with E-state index in [-0.39, 0.29) is 5.82 Å². The lowest BCUT2D eigenvalue weighted by molar-refractivity contribution is 0.628. The Bertz CT molecular complexity index is 1020. The fraction of sp³-hybridized carbons (Fsp3) is 0. The van der Waals surface area contributed by atoms with Crippen LogP contribution in [0.2, 0.25) is 0 Å². The average molecular weight is 295 g/mol. The predicted molar refractivity (Wildman–Crippen MR) is 83.3 cm³/mol. The minimum Gasteiger partial charge on any atom is -0.339 e. The second kappa shape index (κ2) is 4.49. The molecule has 4 aromatic rings. The minimum atomic E-state index is -0.251. The molecule has 0 unspecified atom stereocenters. The Morgan fingerprint density at radius 1 is 1.05 bits per heavy atom. The lowest BCUT2D eigenvalue weighted by Gasteiger charge is -1.99. The molecule has 0 saturated carbocycles. The van der Waals surface area contributed by atoms with Gasteiger partial charge in [0.1, 0.15) is 11.5 Å². The molecule has 0 aliphatic rings. The molecular weight excluding hydrogens is 285 g/mol. The highest BCUT2D eigenvalue weighted by Crippen LogP contribution is 2.23. The van der Waals surface area contributed by atoms with Crippen molar-refractivity contribution in [2.75, 3.05) is 0 Å². The van der Waals surface area contributed by atoms with Gasteiger partial charge in [0, 0.05) is 11.6 Å². The number of hydrogen-bond acceptors (Lipinski definition) is 2. The zero-order valence-corrected chi connectivity index (χ0v) is 11.7. The van der Waals surface area contributed by atoms with E-state index >= 15 is 0 Å². The summed E-state index contributed by atoms with van der Waals surface area (Å²) in [5, 5.41) is 1.000. The monoisotopic (exact) mass is 295 g/mol. The summed E-state index contributed by atoms with van der Waals surface area (Å²) < 4.78 is 15.4. The third-order valence-electron chi connectivity index (χ3n) is 3.49. The van der Waals surface area contributed by atoms with E-state index in [1.807, 2.05) is 34.9 Å². The third kappa shape index (κ3) is 1.94. The van der Waals surface area contributed by atoms with Crippen LogP contribution in [0.1, 0.15) is 0 Å². The van der Waals surface area contributed by atoms with Gasteiger partial charge in [-0.05, 0) is 54.2 Å². The molecule has 0 saturated heterocycles. The fourth-order valence-corrected chi connectivity index (χ4v) is 2.71. The summed E-state index contributed by atoms with van der Waals surface area (Å²) >= 11 is 5.34. The van der Waals surface area contributed by atoms with Crippen LogP contribution in [-0.4, -0.2) is 14.4 Å². The van der Waals surface area contributed by atoms with Gasteiger partial charge in [-0.15, -0.1) is 0 Å². The molecule has 21 heavy (non-hydrogen) atoms. The Kier molecular flexibility index (Phi) is 2.62. The second-order valence-corrected chi connectivity index (χ2v) is 5.17. The first-order valence-electron chi connectivity index (χ1n) is 6.48. The quantitative estimate of drug-likeness (QED) is 0.530. The van der Waals surface area contributed by atoms with Gasteiger partial charge in [0.2, 0.25) is 4.77 Å². The van der Waals surface area contributed by atoms with Crippen LogP contribution in [0, 0.1) is 10.6 Å². The highest BCUT2D eigenvalue weighted by atomic mass is 32.1. The molecule has 102 valence electrons. The number of H-pyrrole nitrogens is 1. The molecule has 2 aromatic heterocycles. The van der Waals surface area contributed by atoms with Crippen molar-refractivity contribution < 1.29 is 4.39 Å². The van der Waals surface area contributed by atoms with Crippen molar-refractivity contribution in [3.63, 3.8) is 0 Å². The normalized spacial score (nSPS) is 11.3. The van der Waals surface area contributed by atoms with Gasteiger partial charge in [-0.2, -0.15) is 0 Å². The Balaban J connectivity index is 2.05. The summed E-state index contributed by atoms with van der Waals surface area (Å²) in [6.07, 6.45) is 1.89. The highest BCUT2D eigenvalue weighted by molar-refractivity contribution is 7.71. The van der Waals surface area contributed by atoms with Gasteiger partial charge in [0.15, 0.2) is 0 Å². The van der Waals surface area contributed by atoms with E-state index in [0.29, 0.717) is 4.77 Å². The van der Waals surface area contributed by atoms with Crippen LogP contribution in [0.4, 0.5) is 4.39 Å². The van der Waals surface area contributed by atoms with Crippen molar-refractivity contribution >= 4 is 28.8 Å². The van der Waals surface area contributed by atoms with Gasteiger partial charge in [-0.1, -0.05) is 12.1 Å². The molecular formula is C16H10FN3S. The number of hydrogen-bond donors (Lipinski definition) is 1. The Morgan fingerprint density at radius 3 is 2.62 bits per heavy atom. The summed E-state index contributed by atoms with van der Waals surface area (Å²) in [4.78, 5) is 7.77. The van der Waals surface area contributed by atoms with Crippen LogP contribution in [0.3, 0.4) is 0 Å². The largest absolute Gasteiger partial charge is 0.339 e. The van der Waals surface area contributed by atoms with Gasteiger partial charge in [0.25, 0.3) is 0 Å². The van der Waals surface area contributed by atoms with Crippen LogP contribution >= 0.6 is 12.2 Å². The number of fused-ring (bicyclic) bond motifs is 3. The zero-order valence-electron chi connectivity index (χ0n) is 10.9. The van der Waals surface area contributed by atoms with E-state index < -0.39 is 0 Å². The molecule has 2 aromatic carbocycles. The Hall–Kier alpha value is -2.53. The van der Waals surface area contributed by atoms with Gasteiger partial charge in [-0.3, -0.25) is 4.40 Å². The standard InChI is InChI=1S/C16H10FN3S/c17-11-7-5-10(6-8-11)14-9-20-15(18-14)12-3-1-2-4-13(12)19-16(20)21/h1-9,18H.